The molecule has 0 radical (unpaired) electrons. The van der Waals surface area contributed by atoms with Gasteiger partial charge in [-0.05, 0) is 18.8 Å². The first kappa shape index (κ1) is 15.6. The van der Waals surface area contributed by atoms with Gasteiger partial charge in [0.05, 0.1) is 18.0 Å². The minimum Gasteiger partial charge on any atom is -0.490 e. The second-order valence-electron chi connectivity index (χ2n) is 5.29. The van der Waals surface area contributed by atoms with Gasteiger partial charge in [-0.3, -0.25) is 0 Å². The summed E-state index contributed by atoms with van der Waals surface area (Å²) in [6, 6.07) is 3.03. The molecule has 0 saturated carbocycles. The average Bonchev–Trinajstić information content (AvgIpc) is 2.35. The lowest BCUT2D eigenvalue weighted by molar-refractivity contribution is 0.301. The van der Waals surface area contributed by atoms with Gasteiger partial charge in [0.2, 0.25) is 0 Å². The quantitative estimate of drug-likeness (QED) is 0.767. The second kappa shape index (κ2) is 7.22. The molecule has 0 spiro atoms. The first-order chi connectivity index (χ1) is 8.95. The van der Waals surface area contributed by atoms with Crippen molar-refractivity contribution >= 4 is 11.4 Å². The summed E-state index contributed by atoms with van der Waals surface area (Å²) in [5, 5.41) is 0. The third kappa shape index (κ3) is 4.62. The van der Waals surface area contributed by atoms with Crippen LogP contribution in [0.5, 0.6) is 5.75 Å². The van der Waals surface area contributed by atoms with Crippen LogP contribution >= 0.6 is 0 Å². The summed E-state index contributed by atoms with van der Waals surface area (Å²) in [5.41, 5.74) is 7.17. The summed E-state index contributed by atoms with van der Waals surface area (Å²) >= 11 is 0. The molecule has 0 aliphatic heterocycles. The Labute approximate surface area is 115 Å². The molecular weight excluding hydrogens is 243 g/mol. The predicted molar refractivity (Wildman–Crippen MR) is 79.3 cm³/mol. The fourth-order valence-corrected chi connectivity index (χ4v) is 1.78. The Hall–Kier alpha value is -1.45. The van der Waals surface area contributed by atoms with Crippen molar-refractivity contribution in [1.82, 2.24) is 0 Å². The second-order valence-corrected chi connectivity index (χ2v) is 5.29. The highest BCUT2D eigenvalue weighted by molar-refractivity contribution is 5.69. The van der Waals surface area contributed by atoms with E-state index in [0.29, 0.717) is 18.2 Å². The van der Waals surface area contributed by atoms with Crippen LogP contribution in [0.2, 0.25) is 0 Å². The Balaban J connectivity index is 2.86. The smallest absolute Gasteiger partial charge is 0.167 e. The number of nitrogens with two attached hydrogens (primary N) is 1. The van der Waals surface area contributed by atoms with Crippen LogP contribution < -0.4 is 15.4 Å². The largest absolute Gasteiger partial charge is 0.490 e. The number of halogens is 1. The zero-order valence-electron chi connectivity index (χ0n) is 12.4. The molecule has 1 aromatic rings. The van der Waals surface area contributed by atoms with Crippen LogP contribution in [0.4, 0.5) is 15.8 Å². The molecule has 108 valence electrons. The van der Waals surface area contributed by atoms with Crippen molar-refractivity contribution in [3.05, 3.63) is 17.9 Å². The summed E-state index contributed by atoms with van der Waals surface area (Å²) < 4.78 is 19.1. The van der Waals surface area contributed by atoms with E-state index < -0.39 is 5.82 Å². The van der Waals surface area contributed by atoms with Crippen LogP contribution in [0.3, 0.4) is 0 Å². The van der Waals surface area contributed by atoms with Crippen LogP contribution in [0.15, 0.2) is 12.1 Å². The molecule has 0 heterocycles. The standard InChI is InChI=1S/C15H25FN2O/c1-5-8-19-15-10-14(13(17)9-12(15)16)18(4)7-6-11(2)3/h9-11H,5-8,17H2,1-4H3. The van der Waals surface area contributed by atoms with Crippen LogP contribution in [0, 0.1) is 11.7 Å². The molecule has 0 aromatic heterocycles. The van der Waals surface area contributed by atoms with E-state index in [4.69, 9.17) is 10.5 Å². The van der Waals surface area contributed by atoms with Gasteiger partial charge in [-0.2, -0.15) is 0 Å². The molecule has 0 saturated heterocycles. The number of hydrogen-bond donors (Lipinski definition) is 1. The minimum atomic E-state index is -0.396. The van der Waals surface area contributed by atoms with Crippen molar-refractivity contribution in [3.8, 4) is 5.75 Å². The van der Waals surface area contributed by atoms with Gasteiger partial charge in [-0.1, -0.05) is 20.8 Å². The predicted octanol–water partition coefficient (Wildman–Crippen LogP) is 3.68. The van der Waals surface area contributed by atoms with Crippen molar-refractivity contribution in [3.63, 3.8) is 0 Å². The zero-order chi connectivity index (χ0) is 14.4. The number of nitrogens with zero attached hydrogens (tertiary/aromatic N) is 1. The average molecular weight is 268 g/mol. The van der Waals surface area contributed by atoms with Crippen molar-refractivity contribution in [2.24, 2.45) is 5.92 Å². The van der Waals surface area contributed by atoms with Gasteiger partial charge >= 0.3 is 0 Å². The van der Waals surface area contributed by atoms with Crippen molar-refractivity contribution in [1.29, 1.82) is 0 Å². The van der Waals surface area contributed by atoms with Gasteiger partial charge in [0.1, 0.15) is 0 Å². The van der Waals surface area contributed by atoms with E-state index in [1.54, 1.807) is 6.07 Å². The highest BCUT2D eigenvalue weighted by atomic mass is 19.1. The van der Waals surface area contributed by atoms with Gasteiger partial charge in [-0.25, -0.2) is 4.39 Å². The van der Waals surface area contributed by atoms with Crippen LogP contribution in [0.25, 0.3) is 0 Å². The number of ether oxygens (including phenoxy) is 1. The summed E-state index contributed by atoms with van der Waals surface area (Å²) in [6.45, 7) is 7.75. The molecule has 3 nitrogen and oxygen atoms in total. The fraction of sp³-hybridized carbons (Fsp3) is 0.600. The maximum absolute atomic E-state index is 13.7. The Morgan fingerprint density at radius 3 is 2.63 bits per heavy atom. The lowest BCUT2D eigenvalue weighted by Gasteiger charge is -2.23. The summed E-state index contributed by atoms with van der Waals surface area (Å²) in [5.74, 6) is 0.509. The summed E-state index contributed by atoms with van der Waals surface area (Å²) in [7, 11) is 1.97. The molecule has 0 atom stereocenters. The lowest BCUT2D eigenvalue weighted by atomic mass is 10.1. The maximum atomic E-state index is 13.7. The molecular formula is C15H25FN2O. The van der Waals surface area contributed by atoms with Crippen molar-refractivity contribution < 1.29 is 9.13 Å². The molecule has 4 heteroatoms. The maximum Gasteiger partial charge on any atom is 0.167 e. The van der Waals surface area contributed by atoms with Gasteiger partial charge in [0.25, 0.3) is 0 Å². The minimum absolute atomic E-state index is 0.280. The van der Waals surface area contributed by atoms with Gasteiger partial charge in [-0.15, -0.1) is 0 Å². The normalized spacial score (nSPS) is 10.8. The highest BCUT2D eigenvalue weighted by Gasteiger charge is 2.12. The van der Waals surface area contributed by atoms with E-state index in [2.05, 4.69) is 13.8 Å². The van der Waals surface area contributed by atoms with E-state index >= 15 is 0 Å². The van der Waals surface area contributed by atoms with Gasteiger partial charge < -0.3 is 15.4 Å². The molecule has 0 unspecified atom stereocenters. The van der Waals surface area contributed by atoms with Crippen LogP contribution in [-0.4, -0.2) is 20.2 Å². The Bertz CT molecular complexity index is 407. The Kier molecular flexibility index (Phi) is 5.93. The zero-order valence-corrected chi connectivity index (χ0v) is 12.4. The molecule has 1 aromatic carbocycles. The Morgan fingerprint density at radius 2 is 2.05 bits per heavy atom. The molecule has 19 heavy (non-hydrogen) atoms. The monoisotopic (exact) mass is 268 g/mol. The fourth-order valence-electron chi connectivity index (χ4n) is 1.78. The Morgan fingerprint density at radius 1 is 1.37 bits per heavy atom. The number of hydrogen-bond acceptors (Lipinski definition) is 3. The van der Waals surface area contributed by atoms with Gasteiger partial charge in [0, 0.05) is 25.7 Å². The first-order valence-corrected chi connectivity index (χ1v) is 6.88. The van der Waals surface area contributed by atoms with E-state index in [0.717, 1.165) is 25.1 Å². The lowest BCUT2D eigenvalue weighted by Crippen LogP contribution is -2.21. The van der Waals surface area contributed by atoms with Gasteiger partial charge in [0.15, 0.2) is 11.6 Å². The van der Waals surface area contributed by atoms with E-state index in [9.17, 15) is 4.39 Å². The molecule has 0 aliphatic rings. The number of rotatable bonds is 7. The third-order valence-corrected chi connectivity index (χ3v) is 3.00. The molecule has 2 N–H and O–H groups in total. The molecule has 1 rings (SSSR count). The summed E-state index contributed by atoms with van der Waals surface area (Å²) in [4.78, 5) is 2.05. The number of benzene rings is 1. The van der Waals surface area contributed by atoms with Crippen LogP contribution in [0.1, 0.15) is 33.6 Å². The van der Waals surface area contributed by atoms with E-state index in [-0.39, 0.29) is 5.75 Å². The number of anilines is 2. The SMILES string of the molecule is CCCOc1cc(N(C)CCC(C)C)c(N)cc1F. The van der Waals surface area contributed by atoms with E-state index in [1.807, 2.05) is 18.9 Å². The van der Waals surface area contributed by atoms with Crippen molar-refractivity contribution in [2.75, 3.05) is 30.8 Å². The van der Waals surface area contributed by atoms with E-state index in [1.165, 1.54) is 6.07 Å². The first-order valence-electron chi connectivity index (χ1n) is 6.88. The molecule has 0 amide bonds. The topological polar surface area (TPSA) is 38.5 Å². The highest BCUT2D eigenvalue weighted by Crippen LogP contribution is 2.30. The van der Waals surface area contributed by atoms with Crippen LogP contribution in [-0.2, 0) is 0 Å². The molecule has 0 fully saturated rings. The number of nitrogen functional groups attached to an aromatic ring is 1. The molecule has 0 bridgehead atoms. The third-order valence-electron chi connectivity index (χ3n) is 3.00. The molecule has 0 aliphatic carbocycles. The van der Waals surface area contributed by atoms with Crippen molar-refractivity contribution in [2.45, 2.75) is 33.6 Å². The summed E-state index contributed by atoms with van der Waals surface area (Å²) in [6.07, 6.45) is 1.92.